The van der Waals surface area contributed by atoms with E-state index < -0.39 is 0 Å². The Morgan fingerprint density at radius 2 is 2.24 bits per heavy atom. The van der Waals surface area contributed by atoms with Crippen LogP contribution in [-0.4, -0.2) is 18.1 Å². The van der Waals surface area contributed by atoms with Gasteiger partial charge in [0.2, 0.25) is 0 Å². The van der Waals surface area contributed by atoms with Crippen LogP contribution in [0.15, 0.2) is 30.5 Å². The summed E-state index contributed by atoms with van der Waals surface area (Å²) in [4.78, 5) is 4.31. The summed E-state index contributed by atoms with van der Waals surface area (Å²) in [5, 5.41) is 1.60. The molecule has 4 heteroatoms. The smallest absolute Gasteiger partial charge is 0.145 e. The zero-order valence-electron chi connectivity index (χ0n) is 9.69. The molecule has 90 valence electrons. The largest absolute Gasteiger partial charge is 0.491 e. The number of hydrogen-bond donors (Lipinski definition) is 1. The van der Waals surface area contributed by atoms with Crippen LogP contribution in [0, 0.1) is 5.92 Å². The zero-order chi connectivity index (χ0) is 12.3. The molecule has 2 N–H and O–H groups in total. The second kappa shape index (κ2) is 5.34. The number of nitrogens with two attached hydrogens (primary N) is 1. The second-order valence-corrected chi connectivity index (χ2v) is 4.50. The summed E-state index contributed by atoms with van der Waals surface area (Å²) in [5.41, 5.74) is 6.35. The van der Waals surface area contributed by atoms with Crippen LogP contribution >= 0.6 is 11.6 Å². The highest BCUT2D eigenvalue weighted by Gasteiger charge is 2.08. The number of pyridine rings is 1. The highest BCUT2D eigenvalue weighted by Crippen LogP contribution is 2.29. The normalized spacial score (nSPS) is 12.6. The first kappa shape index (κ1) is 12.1. The number of fused-ring (bicyclic) bond motifs is 1. The number of rotatable bonds is 4. The fourth-order valence-electron chi connectivity index (χ4n) is 1.53. The van der Waals surface area contributed by atoms with Crippen LogP contribution < -0.4 is 10.5 Å². The first-order chi connectivity index (χ1) is 8.22. The van der Waals surface area contributed by atoms with Crippen molar-refractivity contribution >= 4 is 22.5 Å². The molecule has 0 aliphatic carbocycles. The molecule has 1 unspecified atom stereocenters. The molecule has 0 fully saturated rings. The number of benzene rings is 1. The lowest BCUT2D eigenvalue weighted by Gasteiger charge is -2.12. The Labute approximate surface area is 106 Å². The number of nitrogens with zero attached hydrogens (tertiary/aromatic N) is 1. The molecule has 1 aromatic heterocycles. The van der Waals surface area contributed by atoms with Gasteiger partial charge in [0, 0.05) is 17.5 Å². The predicted molar refractivity (Wildman–Crippen MR) is 70.5 cm³/mol. The minimum absolute atomic E-state index is 0.324. The third-order valence-corrected chi connectivity index (χ3v) is 2.93. The molecule has 17 heavy (non-hydrogen) atoms. The maximum Gasteiger partial charge on any atom is 0.145 e. The Hall–Kier alpha value is -1.32. The van der Waals surface area contributed by atoms with Crippen LogP contribution in [0.4, 0.5) is 0 Å². The molecule has 2 rings (SSSR count). The van der Waals surface area contributed by atoms with E-state index in [2.05, 4.69) is 4.98 Å². The molecule has 1 aromatic carbocycles. The van der Waals surface area contributed by atoms with Crippen LogP contribution in [0.25, 0.3) is 10.9 Å². The van der Waals surface area contributed by atoms with Gasteiger partial charge in [0.05, 0.1) is 11.6 Å². The lowest BCUT2D eigenvalue weighted by atomic mass is 10.2. The molecular formula is C13H15ClN2O. The lowest BCUT2D eigenvalue weighted by molar-refractivity contribution is 0.266. The van der Waals surface area contributed by atoms with Crippen molar-refractivity contribution in [2.75, 3.05) is 13.2 Å². The predicted octanol–water partition coefficient (Wildman–Crippen LogP) is 2.86. The van der Waals surface area contributed by atoms with Crippen LogP contribution in [0.5, 0.6) is 5.75 Å². The molecule has 0 saturated carbocycles. The standard InChI is InChI=1S/C13H15ClN2O/c1-9(7-15)8-17-12-5-4-11(14)10-3-2-6-16-13(10)12/h2-6,9H,7-8,15H2,1H3. The fourth-order valence-corrected chi connectivity index (χ4v) is 1.74. The van der Waals surface area contributed by atoms with Gasteiger partial charge in [0.25, 0.3) is 0 Å². The Morgan fingerprint density at radius 3 is 3.00 bits per heavy atom. The van der Waals surface area contributed by atoms with Gasteiger partial charge in [-0.05, 0) is 30.8 Å². The van der Waals surface area contributed by atoms with Gasteiger partial charge in [-0.2, -0.15) is 0 Å². The molecule has 0 amide bonds. The Kier molecular flexibility index (Phi) is 3.82. The summed E-state index contributed by atoms with van der Waals surface area (Å²) in [5.74, 6) is 1.08. The van der Waals surface area contributed by atoms with E-state index in [9.17, 15) is 0 Å². The summed E-state index contributed by atoms with van der Waals surface area (Å²) in [6, 6.07) is 7.47. The van der Waals surface area contributed by atoms with Crippen LogP contribution in [0.2, 0.25) is 5.02 Å². The molecule has 0 spiro atoms. The van der Waals surface area contributed by atoms with Crippen molar-refractivity contribution in [2.45, 2.75) is 6.92 Å². The van der Waals surface area contributed by atoms with Gasteiger partial charge in [-0.15, -0.1) is 0 Å². The summed E-state index contributed by atoms with van der Waals surface area (Å²) >= 11 is 6.10. The first-order valence-electron chi connectivity index (χ1n) is 5.58. The third kappa shape index (κ3) is 2.68. The van der Waals surface area contributed by atoms with Crippen molar-refractivity contribution in [2.24, 2.45) is 11.7 Å². The van der Waals surface area contributed by atoms with Gasteiger partial charge in [-0.1, -0.05) is 18.5 Å². The first-order valence-corrected chi connectivity index (χ1v) is 5.96. The van der Waals surface area contributed by atoms with Gasteiger partial charge in [-0.25, -0.2) is 0 Å². The van der Waals surface area contributed by atoms with Crippen LogP contribution in [-0.2, 0) is 0 Å². The number of hydrogen-bond acceptors (Lipinski definition) is 3. The summed E-state index contributed by atoms with van der Waals surface area (Å²) in [6.07, 6.45) is 1.73. The molecule has 1 heterocycles. The van der Waals surface area contributed by atoms with E-state index in [0.717, 1.165) is 16.7 Å². The highest BCUT2D eigenvalue weighted by molar-refractivity contribution is 6.35. The average molecular weight is 251 g/mol. The monoisotopic (exact) mass is 250 g/mol. The van der Waals surface area contributed by atoms with Gasteiger partial charge < -0.3 is 10.5 Å². The molecule has 1 atom stereocenters. The maximum atomic E-state index is 6.10. The van der Waals surface area contributed by atoms with Crippen molar-refractivity contribution in [3.63, 3.8) is 0 Å². The molecule has 3 nitrogen and oxygen atoms in total. The molecule has 0 aliphatic heterocycles. The Bertz CT molecular complexity index is 516. The number of halogens is 1. The van der Waals surface area contributed by atoms with E-state index in [4.69, 9.17) is 22.1 Å². The minimum atomic E-state index is 0.324. The zero-order valence-corrected chi connectivity index (χ0v) is 10.4. The van der Waals surface area contributed by atoms with E-state index in [1.54, 1.807) is 6.20 Å². The van der Waals surface area contributed by atoms with Crippen LogP contribution in [0.1, 0.15) is 6.92 Å². The second-order valence-electron chi connectivity index (χ2n) is 4.10. The molecule has 2 aromatic rings. The van der Waals surface area contributed by atoms with Crippen molar-refractivity contribution in [3.8, 4) is 5.75 Å². The fraction of sp³-hybridized carbons (Fsp3) is 0.308. The van der Waals surface area contributed by atoms with Crippen molar-refractivity contribution in [3.05, 3.63) is 35.5 Å². The van der Waals surface area contributed by atoms with Gasteiger partial charge in [0.1, 0.15) is 11.3 Å². The van der Waals surface area contributed by atoms with Gasteiger partial charge >= 0.3 is 0 Å². The minimum Gasteiger partial charge on any atom is -0.491 e. The lowest BCUT2D eigenvalue weighted by Crippen LogP contribution is -2.18. The third-order valence-electron chi connectivity index (χ3n) is 2.61. The molecule has 0 radical (unpaired) electrons. The molecule has 0 aliphatic rings. The van der Waals surface area contributed by atoms with E-state index >= 15 is 0 Å². The van der Waals surface area contributed by atoms with E-state index in [-0.39, 0.29) is 0 Å². The van der Waals surface area contributed by atoms with Crippen LogP contribution in [0.3, 0.4) is 0 Å². The summed E-state index contributed by atoms with van der Waals surface area (Å²) in [6.45, 7) is 3.24. The van der Waals surface area contributed by atoms with Crippen molar-refractivity contribution in [1.29, 1.82) is 0 Å². The average Bonchev–Trinajstić information content (AvgIpc) is 2.38. The van der Waals surface area contributed by atoms with E-state index in [1.807, 2.05) is 31.2 Å². The molecule has 0 saturated heterocycles. The molecule has 0 bridgehead atoms. The number of aromatic nitrogens is 1. The topological polar surface area (TPSA) is 48.1 Å². The Balaban J connectivity index is 2.32. The maximum absolute atomic E-state index is 6.10. The number of ether oxygens (including phenoxy) is 1. The summed E-state index contributed by atoms with van der Waals surface area (Å²) in [7, 11) is 0. The SMILES string of the molecule is CC(CN)COc1ccc(Cl)c2cccnc12. The van der Waals surface area contributed by atoms with Crippen molar-refractivity contribution in [1.82, 2.24) is 4.98 Å². The molecular weight excluding hydrogens is 236 g/mol. The van der Waals surface area contributed by atoms with E-state index in [1.165, 1.54) is 0 Å². The summed E-state index contributed by atoms with van der Waals surface area (Å²) < 4.78 is 5.73. The highest BCUT2D eigenvalue weighted by atomic mass is 35.5. The van der Waals surface area contributed by atoms with Gasteiger partial charge in [0.15, 0.2) is 0 Å². The van der Waals surface area contributed by atoms with E-state index in [0.29, 0.717) is 24.1 Å². The van der Waals surface area contributed by atoms with Crippen molar-refractivity contribution < 1.29 is 4.74 Å². The van der Waals surface area contributed by atoms with Gasteiger partial charge in [-0.3, -0.25) is 4.98 Å². The Morgan fingerprint density at radius 1 is 1.41 bits per heavy atom. The quantitative estimate of drug-likeness (QED) is 0.908.